The fourth-order valence-electron chi connectivity index (χ4n) is 2.55. The number of ether oxygens (including phenoxy) is 2. The zero-order valence-electron chi connectivity index (χ0n) is 13.8. The zero-order chi connectivity index (χ0) is 16.7. The third kappa shape index (κ3) is 4.41. The van der Waals surface area contributed by atoms with Crippen LogP contribution in [0, 0.1) is 11.3 Å². The minimum Gasteiger partial charge on any atom is -0.478 e. The van der Waals surface area contributed by atoms with Gasteiger partial charge in [-0.2, -0.15) is 0 Å². The Morgan fingerprint density at radius 2 is 2.17 bits per heavy atom. The number of carbonyl (C=O) groups excluding carboxylic acids is 1. The maximum atomic E-state index is 11.9. The van der Waals surface area contributed by atoms with Gasteiger partial charge in [0.05, 0.1) is 25.0 Å². The second-order valence-corrected chi connectivity index (χ2v) is 6.66. The lowest BCUT2D eigenvalue weighted by atomic mass is 9.79. The van der Waals surface area contributed by atoms with Crippen molar-refractivity contribution in [3.63, 3.8) is 0 Å². The molecule has 0 unspecified atom stereocenters. The van der Waals surface area contributed by atoms with Crippen molar-refractivity contribution in [2.75, 3.05) is 26.1 Å². The van der Waals surface area contributed by atoms with Gasteiger partial charge in [0.1, 0.15) is 7.11 Å². The van der Waals surface area contributed by atoms with Crippen molar-refractivity contribution < 1.29 is 19.1 Å². The summed E-state index contributed by atoms with van der Waals surface area (Å²) < 4.78 is 10.8. The zero-order valence-corrected chi connectivity index (χ0v) is 14.6. The molecule has 1 fully saturated rings. The van der Waals surface area contributed by atoms with Crippen LogP contribution in [0.2, 0.25) is 0 Å². The van der Waals surface area contributed by atoms with Crippen LogP contribution in [0.4, 0.5) is 0 Å². The molecule has 1 heterocycles. The first-order valence-electron chi connectivity index (χ1n) is 7.68. The van der Waals surface area contributed by atoms with Gasteiger partial charge in [-0.1, -0.05) is 23.4 Å². The minimum absolute atomic E-state index is 0.0201. The van der Waals surface area contributed by atoms with Gasteiger partial charge in [-0.05, 0) is 26.0 Å². The molecular formula is C17H23NO4S. The SMILES string of the molecule is CCOC(=O)C[C@@H]1CO/C(=N\OC)[C@@]1(C)CSc1ccccc1. The number of hydrogen-bond acceptors (Lipinski definition) is 6. The summed E-state index contributed by atoms with van der Waals surface area (Å²) in [6.45, 7) is 4.72. The molecular weight excluding hydrogens is 314 g/mol. The fourth-order valence-corrected chi connectivity index (χ4v) is 3.73. The summed E-state index contributed by atoms with van der Waals surface area (Å²) in [6, 6.07) is 10.1. The lowest BCUT2D eigenvalue weighted by Gasteiger charge is -2.27. The van der Waals surface area contributed by atoms with E-state index >= 15 is 0 Å². The first-order chi connectivity index (χ1) is 11.1. The number of esters is 1. The van der Waals surface area contributed by atoms with Crippen LogP contribution in [0.25, 0.3) is 0 Å². The molecule has 1 aliphatic heterocycles. The summed E-state index contributed by atoms with van der Waals surface area (Å²) in [7, 11) is 1.50. The van der Waals surface area contributed by atoms with E-state index in [-0.39, 0.29) is 17.3 Å². The Bertz CT molecular complexity index is 549. The second kappa shape index (κ2) is 8.24. The maximum absolute atomic E-state index is 11.9. The van der Waals surface area contributed by atoms with E-state index in [1.54, 1.807) is 11.8 Å². The van der Waals surface area contributed by atoms with Gasteiger partial charge < -0.3 is 14.3 Å². The highest BCUT2D eigenvalue weighted by atomic mass is 32.2. The molecule has 5 nitrogen and oxygen atoms in total. The molecule has 6 heteroatoms. The van der Waals surface area contributed by atoms with Crippen molar-refractivity contribution in [1.82, 2.24) is 0 Å². The van der Waals surface area contributed by atoms with E-state index in [0.717, 1.165) is 5.75 Å². The van der Waals surface area contributed by atoms with Gasteiger partial charge in [0.25, 0.3) is 0 Å². The van der Waals surface area contributed by atoms with Crippen molar-refractivity contribution in [2.24, 2.45) is 16.5 Å². The monoisotopic (exact) mass is 337 g/mol. The van der Waals surface area contributed by atoms with Crippen molar-refractivity contribution in [3.05, 3.63) is 30.3 Å². The summed E-state index contributed by atoms with van der Waals surface area (Å²) in [5.74, 6) is 1.13. The van der Waals surface area contributed by atoms with E-state index in [1.807, 2.05) is 25.1 Å². The average Bonchev–Trinajstić information content (AvgIpc) is 2.84. The normalized spacial score (nSPS) is 25.2. The minimum atomic E-state index is -0.372. The molecule has 0 spiro atoms. The van der Waals surface area contributed by atoms with E-state index in [2.05, 4.69) is 24.2 Å². The van der Waals surface area contributed by atoms with Crippen LogP contribution >= 0.6 is 11.8 Å². The van der Waals surface area contributed by atoms with Crippen LogP contribution in [0.5, 0.6) is 0 Å². The number of benzene rings is 1. The van der Waals surface area contributed by atoms with E-state index in [9.17, 15) is 4.79 Å². The predicted molar refractivity (Wildman–Crippen MR) is 90.4 cm³/mol. The third-order valence-corrected chi connectivity index (χ3v) is 5.33. The fraction of sp³-hybridized carbons (Fsp3) is 0.529. The van der Waals surface area contributed by atoms with Gasteiger partial charge in [0, 0.05) is 16.6 Å². The lowest BCUT2D eigenvalue weighted by molar-refractivity contribution is -0.144. The van der Waals surface area contributed by atoms with Crippen molar-refractivity contribution >= 4 is 23.6 Å². The first kappa shape index (κ1) is 17.7. The number of rotatable bonds is 7. The van der Waals surface area contributed by atoms with E-state index in [1.165, 1.54) is 12.0 Å². The topological polar surface area (TPSA) is 57.1 Å². The van der Waals surface area contributed by atoms with Gasteiger partial charge in [0.15, 0.2) is 0 Å². The maximum Gasteiger partial charge on any atom is 0.306 e. The van der Waals surface area contributed by atoms with Crippen molar-refractivity contribution in [2.45, 2.75) is 25.2 Å². The lowest BCUT2D eigenvalue weighted by Crippen LogP contribution is -2.34. The van der Waals surface area contributed by atoms with Crippen LogP contribution in [-0.4, -0.2) is 37.9 Å². The number of nitrogens with zero attached hydrogens (tertiary/aromatic N) is 1. The van der Waals surface area contributed by atoms with Gasteiger partial charge in [-0.3, -0.25) is 4.79 Å². The Kier molecular flexibility index (Phi) is 6.33. The first-order valence-corrected chi connectivity index (χ1v) is 8.66. The number of thioether (sulfide) groups is 1. The van der Waals surface area contributed by atoms with E-state index in [4.69, 9.17) is 14.3 Å². The summed E-state index contributed by atoms with van der Waals surface area (Å²) in [4.78, 5) is 18.0. The van der Waals surface area contributed by atoms with E-state index in [0.29, 0.717) is 25.5 Å². The molecule has 0 bridgehead atoms. The molecule has 126 valence electrons. The number of oxime groups is 1. The highest BCUT2D eigenvalue weighted by Gasteiger charge is 2.48. The average molecular weight is 337 g/mol. The largest absolute Gasteiger partial charge is 0.478 e. The smallest absolute Gasteiger partial charge is 0.306 e. The molecule has 0 aromatic heterocycles. The van der Waals surface area contributed by atoms with Crippen LogP contribution < -0.4 is 0 Å². The summed E-state index contributed by atoms with van der Waals surface area (Å²) in [5.41, 5.74) is -0.372. The van der Waals surface area contributed by atoms with Crippen LogP contribution in [0.1, 0.15) is 20.3 Å². The van der Waals surface area contributed by atoms with Crippen LogP contribution in [0.15, 0.2) is 40.4 Å². The molecule has 0 radical (unpaired) electrons. The van der Waals surface area contributed by atoms with Gasteiger partial charge in [0.2, 0.25) is 5.90 Å². The Labute approximate surface area is 141 Å². The molecule has 0 saturated carbocycles. The summed E-state index contributed by atoms with van der Waals surface area (Å²) >= 11 is 1.72. The molecule has 1 aromatic rings. The second-order valence-electron chi connectivity index (χ2n) is 5.62. The van der Waals surface area contributed by atoms with E-state index < -0.39 is 0 Å². The third-order valence-electron chi connectivity index (χ3n) is 3.99. The Hall–Kier alpha value is -1.69. The van der Waals surface area contributed by atoms with Crippen molar-refractivity contribution in [3.8, 4) is 0 Å². The number of carbonyl (C=O) groups is 1. The van der Waals surface area contributed by atoms with Gasteiger partial charge >= 0.3 is 5.97 Å². The van der Waals surface area contributed by atoms with Gasteiger partial charge in [-0.15, -0.1) is 11.8 Å². The Morgan fingerprint density at radius 3 is 2.83 bits per heavy atom. The highest BCUT2D eigenvalue weighted by Crippen LogP contribution is 2.42. The molecule has 2 atom stereocenters. The molecule has 0 N–H and O–H groups in total. The summed E-state index contributed by atoms with van der Waals surface area (Å²) in [6.07, 6.45) is 0.322. The standard InChI is InChI=1S/C17H23NO4S/c1-4-21-15(19)10-13-11-22-16(18-20-3)17(13,2)12-23-14-8-6-5-7-9-14/h5-9,13H,4,10-12H2,1-3H3/b18-16-/t13-,17+/m1/s1. The molecule has 1 aliphatic rings. The molecule has 1 aromatic carbocycles. The molecule has 1 saturated heterocycles. The summed E-state index contributed by atoms with van der Waals surface area (Å²) in [5, 5.41) is 4.02. The van der Waals surface area contributed by atoms with Crippen molar-refractivity contribution in [1.29, 1.82) is 0 Å². The van der Waals surface area contributed by atoms with Crippen LogP contribution in [-0.2, 0) is 19.1 Å². The number of hydrogen-bond donors (Lipinski definition) is 0. The quantitative estimate of drug-likeness (QED) is 0.434. The predicted octanol–water partition coefficient (Wildman–Crippen LogP) is 3.34. The van der Waals surface area contributed by atoms with Gasteiger partial charge in [-0.25, -0.2) is 0 Å². The Balaban J connectivity index is 2.12. The molecule has 23 heavy (non-hydrogen) atoms. The molecule has 0 amide bonds. The molecule has 0 aliphatic carbocycles. The molecule has 2 rings (SSSR count). The highest BCUT2D eigenvalue weighted by molar-refractivity contribution is 7.99. The van der Waals surface area contributed by atoms with Crippen LogP contribution in [0.3, 0.4) is 0 Å². The Morgan fingerprint density at radius 1 is 1.43 bits per heavy atom.